The molecule has 1 heterocycles. The van der Waals surface area contributed by atoms with Crippen LogP contribution in [0.15, 0.2) is 24.3 Å². The molecule has 0 aliphatic heterocycles. The lowest BCUT2D eigenvalue weighted by atomic mass is 9.94. The Hall–Kier alpha value is -2.36. The Labute approximate surface area is 190 Å². The van der Waals surface area contributed by atoms with E-state index in [1.165, 1.54) is 24.1 Å². The number of benzene rings is 1. The highest BCUT2D eigenvalue weighted by molar-refractivity contribution is 5.76. The molecule has 9 heteroatoms. The highest BCUT2D eigenvalue weighted by Gasteiger charge is 2.27. The number of hydrogen-bond donors (Lipinski definition) is 0. The van der Waals surface area contributed by atoms with E-state index in [1.807, 2.05) is 23.1 Å². The third-order valence-electron chi connectivity index (χ3n) is 5.90. The fraction of sp³-hybridized carbons (Fsp3) is 0.652. The molecule has 1 aromatic heterocycles. The number of rotatable bonds is 12. The average Bonchev–Trinajstić information content (AvgIpc) is 3.26. The fourth-order valence-electron chi connectivity index (χ4n) is 4.11. The lowest BCUT2D eigenvalue weighted by Crippen LogP contribution is -2.46. The predicted molar refractivity (Wildman–Crippen MR) is 120 cm³/mol. The summed E-state index contributed by atoms with van der Waals surface area (Å²) in [7, 11) is 4.96. The Balaban J connectivity index is 1.45. The molecule has 176 valence electrons. The van der Waals surface area contributed by atoms with Crippen molar-refractivity contribution in [3.8, 4) is 11.4 Å². The van der Waals surface area contributed by atoms with Gasteiger partial charge in [-0.2, -0.15) is 4.80 Å². The smallest absolute Gasteiger partial charge is 0.225 e. The van der Waals surface area contributed by atoms with Gasteiger partial charge >= 0.3 is 0 Å². The number of carbonyl (C=O) groups excluding carboxylic acids is 1. The van der Waals surface area contributed by atoms with E-state index in [1.54, 1.807) is 21.3 Å². The van der Waals surface area contributed by atoms with Gasteiger partial charge in [0.05, 0.1) is 33.2 Å². The number of aryl methyl sites for hydroxylation is 1. The summed E-state index contributed by atoms with van der Waals surface area (Å²) in [5.74, 6) is 0.709. The van der Waals surface area contributed by atoms with E-state index < -0.39 is 6.29 Å². The van der Waals surface area contributed by atoms with Gasteiger partial charge in [0.25, 0.3) is 0 Å². The van der Waals surface area contributed by atoms with E-state index in [4.69, 9.17) is 14.2 Å². The van der Waals surface area contributed by atoms with Crippen molar-refractivity contribution in [2.75, 3.05) is 34.0 Å². The van der Waals surface area contributed by atoms with Gasteiger partial charge in [-0.25, -0.2) is 0 Å². The number of amides is 1. The summed E-state index contributed by atoms with van der Waals surface area (Å²) in [5, 5.41) is 12.2. The van der Waals surface area contributed by atoms with Crippen molar-refractivity contribution in [1.29, 1.82) is 0 Å². The molecule has 0 atom stereocenters. The van der Waals surface area contributed by atoms with E-state index in [0.29, 0.717) is 32.0 Å². The van der Waals surface area contributed by atoms with E-state index in [2.05, 4.69) is 21.5 Å². The third-order valence-corrected chi connectivity index (χ3v) is 5.90. The van der Waals surface area contributed by atoms with E-state index >= 15 is 0 Å². The molecule has 32 heavy (non-hydrogen) atoms. The molecule has 0 N–H and O–H groups in total. The number of carbonyl (C=O) groups is 1. The van der Waals surface area contributed by atoms with Gasteiger partial charge in [-0.1, -0.05) is 37.5 Å². The largest absolute Gasteiger partial charge is 0.381 e. The van der Waals surface area contributed by atoms with Crippen LogP contribution >= 0.6 is 0 Å². The van der Waals surface area contributed by atoms with E-state index in [0.717, 1.165) is 30.4 Å². The fourth-order valence-corrected chi connectivity index (χ4v) is 4.11. The van der Waals surface area contributed by atoms with Crippen LogP contribution in [0.2, 0.25) is 0 Å². The normalized spacial score (nSPS) is 14.8. The first-order valence-corrected chi connectivity index (χ1v) is 11.4. The molecular formula is C23H35N5O4. The molecule has 1 aliphatic rings. The van der Waals surface area contributed by atoms with Crippen molar-refractivity contribution in [3.63, 3.8) is 0 Å². The zero-order chi connectivity index (χ0) is 22.8. The maximum Gasteiger partial charge on any atom is 0.225 e. The molecule has 1 aromatic carbocycles. The highest BCUT2D eigenvalue weighted by atomic mass is 16.7. The van der Waals surface area contributed by atoms with Gasteiger partial charge in [0.15, 0.2) is 6.29 Å². The monoisotopic (exact) mass is 445 g/mol. The van der Waals surface area contributed by atoms with Gasteiger partial charge in [0.1, 0.15) is 0 Å². The first-order chi connectivity index (χ1) is 15.6. The van der Waals surface area contributed by atoms with Crippen LogP contribution < -0.4 is 0 Å². The Morgan fingerprint density at radius 1 is 1.19 bits per heavy atom. The van der Waals surface area contributed by atoms with Crippen LogP contribution in [-0.4, -0.2) is 77.3 Å². The molecule has 1 saturated carbocycles. The van der Waals surface area contributed by atoms with E-state index in [-0.39, 0.29) is 11.9 Å². The molecule has 2 aromatic rings. The number of tetrazole rings is 1. The van der Waals surface area contributed by atoms with Gasteiger partial charge in [0.2, 0.25) is 11.7 Å². The molecule has 0 radical (unpaired) electrons. The Bertz CT molecular complexity index is 833. The highest BCUT2D eigenvalue weighted by Crippen LogP contribution is 2.24. The summed E-state index contributed by atoms with van der Waals surface area (Å²) < 4.78 is 16.5. The van der Waals surface area contributed by atoms with Gasteiger partial charge in [-0.3, -0.25) is 4.79 Å². The Morgan fingerprint density at radius 2 is 1.97 bits per heavy atom. The second kappa shape index (κ2) is 12.6. The lowest BCUT2D eigenvalue weighted by molar-refractivity contribution is -0.151. The molecule has 1 aliphatic carbocycles. The minimum atomic E-state index is -0.405. The summed E-state index contributed by atoms with van der Waals surface area (Å²) in [5.41, 5.74) is 2.06. The maximum absolute atomic E-state index is 13.0. The summed E-state index contributed by atoms with van der Waals surface area (Å²) >= 11 is 0. The summed E-state index contributed by atoms with van der Waals surface area (Å²) in [6.07, 6.45) is 6.38. The SMILES string of the molecule is COC(CN(C(=O)CCOCCc1cccc(-c2nnn(C)n2)c1)C1CCCCC1)OC. The zero-order valence-corrected chi connectivity index (χ0v) is 19.4. The molecule has 0 unspecified atom stereocenters. The maximum atomic E-state index is 13.0. The van der Waals surface area contributed by atoms with Crippen LogP contribution in [-0.2, 0) is 32.5 Å². The van der Waals surface area contributed by atoms with Gasteiger partial charge in [0, 0.05) is 25.8 Å². The number of hydrogen-bond acceptors (Lipinski definition) is 7. The van der Waals surface area contributed by atoms with Crippen LogP contribution in [0.5, 0.6) is 0 Å². The van der Waals surface area contributed by atoms with Crippen molar-refractivity contribution in [3.05, 3.63) is 29.8 Å². The van der Waals surface area contributed by atoms with Gasteiger partial charge in [-0.15, -0.1) is 10.2 Å². The number of aromatic nitrogens is 4. The molecule has 3 rings (SSSR count). The summed E-state index contributed by atoms with van der Waals surface area (Å²) in [4.78, 5) is 16.3. The second-order valence-corrected chi connectivity index (χ2v) is 8.15. The first kappa shape index (κ1) is 24.3. The molecule has 0 spiro atoms. The van der Waals surface area contributed by atoms with Crippen molar-refractivity contribution >= 4 is 5.91 Å². The van der Waals surface area contributed by atoms with Crippen molar-refractivity contribution in [2.45, 2.75) is 57.3 Å². The van der Waals surface area contributed by atoms with Crippen molar-refractivity contribution < 1.29 is 19.0 Å². The molecule has 0 bridgehead atoms. The summed E-state index contributed by atoms with van der Waals surface area (Å²) in [6.45, 7) is 1.41. The van der Waals surface area contributed by atoms with Crippen LogP contribution in [0.4, 0.5) is 0 Å². The second-order valence-electron chi connectivity index (χ2n) is 8.15. The van der Waals surface area contributed by atoms with Gasteiger partial charge in [-0.05, 0) is 36.1 Å². The Kier molecular flexibility index (Phi) is 9.58. The van der Waals surface area contributed by atoms with Crippen molar-refractivity contribution in [2.24, 2.45) is 7.05 Å². The Morgan fingerprint density at radius 3 is 2.66 bits per heavy atom. The van der Waals surface area contributed by atoms with E-state index in [9.17, 15) is 4.79 Å². The average molecular weight is 446 g/mol. The zero-order valence-electron chi connectivity index (χ0n) is 19.4. The van der Waals surface area contributed by atoms with Crippen LogP contribution in [0.25, 0.3) is 11.4 Å². The molecule has 1 amide bonds. The topological polar surface area (TPSA) is 91.6 Å². The number of methoxy groups -OCH3 is 2. The standard InChI is InChI=1S/C23H35N5O4/c1-27-25-23(24-26-27)19-9-7-8-18(16-19)12-14-32-15-13-21(29)28(17-22(30-2)31-3)20-10-5-4-6-11-20/h7-9,16,20,22H,4-6,10-15,17H2,1-3H3. The van der Waals surface area contributed by atoms with Crippen LogP contribution in [0, 0.1) is 0 Å². The van der Waals surface area contributed by atoms with Crippen LogP contribution in [0.1, 0.15) is 44.1 Å². The van der Waals surface area contributed by atoms with Gasteiger partial charge < -0.3 is 19.1 Å². The van der Waals surface area contributed by atoms with Crippen LogP contribution in [0.3, 0.4) is 0 Å². The number of ether oxygens (including phenoxy) is 3. The third kappa shape index (κ3) is 7.08. The van der Waals surface area contributed by atoms with Crippen molar-refractivity contribution in [1.82, 2.24) is 25.1 Å². The minimum absolute atomic E-state index is 0.103. The quantitative estimate of drug-likeness (QED) is 0.366. The predicted octanol–water partition coefficient (Wildman–Crippen LogP) is 2.61. The number of nitrogens with zero attached hydrogens (tertiary/aromatic N) is 5. The lowest BCUT2D eigenvalue weighted by Gasteiger charge is -2.36. The molecular weight excluding hydrogens is 410 g/mol. The molecule has 0 saturated heterocycles. The molecule has 9 nitrogen and oxygen atoms in total. The molecule has 1 fully saturated rings. The summed E-state index contributed by atoms with van der Waals surface area (Å²) in [6, 6.07) is 8.31. The first-order valence-electron chi connectivity index (χ1n) is 11.4. The minimum Gasteiger partial charge on any atom is -0.381 e.